The van der Waals surface area contributed by atoms with E-state index in [0.29, 0.717) is 37.1 Å². The van der Waals surface area contributed by atoms with Crippen molar-refractivity contribution < 1.29 is 17.6 Å². The SMILES string of the molecule is O=S(=O)(c1cccc(-c2nnc(Sc3ncnc4sccc34)o2)c1)N1CCOCC1. The van der Waals surface area contributed by atoms with Crippen LogP contribution in [0.3, 0.4) is 0 Å². The Morgan fingerprint density at radius 3 is 2.83 bits per heavy atom. The molecular weight excluding hydrogens is 446 g/mol. The largest absolute Gasteiger partial charge is 0.411 e. The highest BCUT2D eigenvalue weighted by molar-refractivity contribution is 7.99. The maximum atomic E-state index is 12.9. The van der Waals surface area contributed by atoms with Crippen LogP contribution < -0.4 is 0 Å². The second-order valence-electron chi connectivity index (χ2n) is 6.34. The molecule has 0 aliphatic carbocycles. The number of morpholine rings is 1. The molecule has 1 saturated heterocycles. The summed E-state index contributed by atoms with van der Waals surface area (Å²) in [6.07, 6.45) is 1.50. The lowest BCUT2D eigenvalue weighted by atomic mass is 10.2. The highest BCUT2D eigenvalue weighted by Gasteiger charge is 2.27. The van der Waals surface area contributed by atoms with Crippen molar-refractivity contribution in [2.75, 3.05) is 26.3 Å². The first-order valence-electron chi connectivity index (χ1n) is 8.99. The molecule has 0 unspecified atom stereocenters. The average Bonchev–Trinajstić information content (AvgIpc) is 3.45. The van der Waals surface area contributed by atoms with E-state index in [0.717, 1.165) is 15.2 Å². The molecule has 0 saturated carbocycles. The van der Waals surface area contributed by atoms with E-state index >= 15 is 0 Å². The minimum absolute atomic E-state index is 0.185. The van der Waals surface area contributed by atoms with Gasteiger partial charge in [-0.2, -0.15) is 4.31 Å². The molecule has 0 amide bonds. The zero-order chi connectivity index (χ0) is 20.6. The van der Waals surface area contributed by atoms with Crippen molar-refractivity contribution in [2.45, 2.75) is 15.1 Å². The monoisotopic (exact) mass is 461 g/mol. The summed E-state index contributed by atoms with van der Waals surface area (Å²) >= 11 is 2.77. The third-order valence-electron chi connectivity index (χ3n) is 4.50. The summed E-state index contributed by atoms with van der Waals surface area (Å²) < 4.78 is 38.2. The lowest BCUT2D eigenvalue weighted by molar-refractivity contribution is 0.0730. The van der Waals surface area contributed by atoms with Gasteiger partial charge in [0, 0.05) is 24.0 Å². The van der Waals surface area contributed by atoms with Gasteiger partial charge in [0.1, 0.15) is 16.2 Å². The molecule has 9 nitrogen and oxygen atoms in total. The quantitative estimate of drug-likeness (QED) is 0.414. The van der Waals surface area contributed by atoms with E-state index in [2.05, 4.69) is 20.2 Å². The number of fused-ring (bicyclic) bond motifs is 1. The Bertz CT molecular complexity index is 1300. The number of aromatic nitrogens is 4. The predicted molar refractivity (Wildman–Crippen MR) is 111 cm³/mol. The first kappa shape index (κ1) is 19.6. The Balaban J connectivity index is 1.41. The van der Waals surface area contributed by atoms with Crippen molar-refractivity contribution >= 4 is 43.3 Å². The van der Waals surface area contributed by atoms with Gasteiger partial charge < -0.3 is 9.15 Å². The summed E-state index contributed by atoms with van der Waals surface area (Å²) in [6.45, 7) is 1.46. The number of benzene rings is 1. The molecule has 1 fully saturated rings. The highest BCUT2D eigenvalue weighted by Crippen LogP contribution is 2.33. The molecule has 1 aliphatic rings. The van der Waals surface area contributed by atoms with Gasteiger partial charge in [0.25, 0.3) is 5.22 Å². The van der Waals surface area contributed by atoms with Crippen molar-refractivity contribution in [1.29, 1.82) is 0 Å². The maximum absolute atomic E-state index is 12.9. The van der Waals surface area contributed by atoms with Gasteiger partial charge in [0.2, 0.25) is 15.9 Å². The predicted octanol–water partition coefficient (Wildman–Crippen LogP) is 2.91. The molecule has 1 aromatic carbocycles. The number of hydrogen-bond acceptors (Lipinski definition) is 10. The van der Waals surface area contributed by atoms with Crippen molar-refractivity contribution in [3.05, 3.63) is 42.0 Å². The minimum Gasteiger partial charge on any atom is -0.411 e. The normalized spacial score (nSPS) is 15.6. The molecule has 12 heteroatoms. The number of hydrogen-bond donors (Lipinski definition) is 0. The maximum Gasteiger partial charge on any atom is 0.283 e. The molecule has 154 valence electrons. The molecule has 30 heavy (non-hydrogen) atoms. The average molecular weight is 462 g/mol. The smallest absolute Gasteiger partial charge is 0.283 e. The lowest BCUT2D eigenvalue weighted by Gasteiger charge is -2.26. The van der Waals surface area contributed by atoms with Crippen LogP contribution in [-0.2, 0) is 14.8 Å². The van der Waals surface area contributed by atoms with Gasteiger partial charge in [-0.25, -0.2) is 18.4 Å². The molecule has 0 N–H and O–H groups in total. The van der Waals surface area contributed by atoms with Gasteiger partial charge in [0.05, 0.1) is 18.1 Å². The van der Waals surface area contributed by atoms with Crippen LogP contribution in [0.15, 0.2) is 61.6 Å². The summed E-state index contributed by atoms with van der Waals surface area (Å²) in [7, 11) is -3.61. The van der Waals surface area contributed by atoms with E-state index in [1.807, 2.05) is 11.4 Å². The van der Waals surface area contributed by atoms with E-state index in [9.17, 15) is 8.42 Å². The second kappa shape index (κ2) is 8.04. The number of ether oxygens (including phenoxy) is 1. The zero-order valence-corrected chi connectivity index (χ0v) is 17.9. The zero-order valence-electron chi connectivity index (χ0n) is 15.5. The summed E-state index contributed by atoms with van der Waals surface area (Å²) in [5, 5.41) is 12.1. The highest BCUT2D eigenvalue weighted by atomic mass is 32.2. The van der Waals surface area contributed by atoms with Crippen molar-refractivity contribution in [2.24, 2.45) is 0 Å². The van der Waals surface area contributed by atoms with Crippen LogP contribution in [0.25, 0.3) is 21.7 Å². The van der Waals surface area contributed by atoms with Crippen LogP contribution in [0.2, 0.25) is 0 Å². The van der Waals surface area contributed by atoms with Crippen LogP contribution >= 0.6 is 23.1 Å². The fourth-order valence-electron chi connectivity index (χ4n) is 3.02. The van der Waals surface area contributed by atoms with Crippen molar-refractivity contribution in [3.8, 4) is 11.5 Å². The molecule has 0 atom stereocenters. The van der Waals surface area contributed by atoms with Crippen molar-refractivity contribution in [3.63, 3.8) is 0 Å². The molecule has 0 radical (unpaired) electrons. The van der Waals surface area contributed by atoms with Gasteiger partial charge >= 0.3 is 0 Å². The van der Waals surface area contributed by atoms with Crippen LogP contribution in [0.5, 0.6) is 0 Å². The molecule has 0 spiro atoms. The summed E-state index contributed by atoms with van der Waals surface area (Å²) in [6, 6.07) is 8.46. The third-order valence-corrected chi connectivity index (χ3v) is 8.08. The number of sulfonamides is 1. The number of rotatable bonds is 5. The molecule has 0 bridgehead atoms. The van der Waals surface area contributed by atoms with Gasteiger partial charge in [-0.3, -0.25) is 0 Å². The molecule has 3 aromatic heterocycles. The van der Waals surface area contributed by atoms with E-state index in [4.69, 9.17) is 9.15 Å². The Morgan fingerprint density at radius 1 is 1.10 bits per heavy atom. The van der Waals surface area contributed by atoms with E-state index in [1.54, 1.807) is 24.3 Å². The Morgan fingerprint density at radius 2 is 1.97 bits per heavy atom. The van der Waals surface area contributed by atoms with Gasteiger partial charge in [-0.05, 0) is 41.4 Å². The summed E-state index contributed by atoms with van der Waals surface area (Å²) in [5.74, 6) is 0.243. The van der Waals surface area contributed by atoms with Crippen LogP contribution in [0, 0.1) is 0 Å². The molecule has 1 aliphatic heterocycles. The molecule has 4 aromatic rings. The van der Waals surface area contributed by atoms with Gasteiger partial charge in [0.15, 0.2) is 0 Å². The fourth-order valence-corrected chi connectivity index (χ4v) is 6.02. The Hall–Kier alpha value is -2.38. The molecule has 4 heterocycles. The topological polar surface area (TPSA) is 111 Å². The molecular formula is C18H15N5O4S3. The first-order valence-corrected chi connectivity index (χ1v) is 12.1. The van der Waals surface area contributed by atoms with E-state index < -0.39 is 10.0 Å². The van der Waals surface area contributed by atoms with Crippen molar-refractivity contribution in [1.82, 2.24) is 24.5 Å². The summed E-state index contributed by atoms with van der Waals surface area (Å²) in [4.78, 5) is 9.58. The fraction of sp³-hybridized carbons (Fsp3) is 0.222. The van der Waals surface area contributed by atoms with Crippen LogP contribution in [0.4, 0.5) is 0 Å². The Labute approximate surface area is 180 Å². The van der Waals surface area contributed by atoms with E-state index in [1.165, 1.54) is 33.7 Å². The molecule has 5 rings (SSSR count). The summed E-state index contributed by atoms with van der Waals surface area (Å²) in [5.41, 5.74) is 0.534. The number of nitrogens with zero attached hydrogens (tertiary/aromatic N) is 5. The lowest BCUT2D eigenvalue weighted by Crippen LogP contribution is -2.40. The number of thiophene rings is 1. The second-order valence-corrected chi connectivity index (χ2v) is 10.1. The van der Waals surface area contributed by atoms with Gasteiger partial charge in [-0.15, -0.1) is 21.5 Å². The Kier molecular flexibility index (Phi) is 5.25. The first-order chi connectivity index (χ1) is 14.6. The van der Waals surface area contributed by atoms with Crippen LogP contribution in [-0.4, -0.2) is 59.2 Å². The third kappa shape index (κ3) is 3.72. The van der Waals surface area contributed by atoms with Gasteiger partial charge in [-0.1, -0.05) is 6.07 Å². The standard InChI is InChI=1S/C18H15N5O4S3/c24-30(25,23-5-7-26-8-6-23)13-3-1-2-12(10-13)15-21-22-18(27-15)29-17-14-4-9-28-16(14)19-11-20-17/h1-4,9-11H,5-8H2. The van der Waals surface area contributed by atoms with E-state index in [-0.39, 0.29) is 10.8 Å². The van der Waals surface area contributed by atoms with Crippen LogP contribution in [0.1, 0.15) is 0 Å². The minimum atomic E-state index is -3.61.